The minimum Gasteiger partial charge on any atom is -0.367 e. The predicted molar refractivity (Wildman–Crippen MR) is 74.6 cm³/mol. The molecule has 0 radical (unpaired) electrons. The average Bonchev–Trinajstić information content (AvgIpc) is 3.03. The second-order valence-electron chi connectivity index (χ2n) is 3.99. The summed E-state index contributed by atoms with van der Waals surface area (Å²) in [6.45, 7) is 0. The van der Waals surface area contributed by atoms with E-state index in [1.807, 2.05) is 11.4 Å². The van der Waals surface area contributed by atoms with Crippen LogP contribution in [0.15, 0.2) is 34.2 Å². The molecule has 3 rings (SSSR count). The topological polar surface area (TPSA) is 52.0 Å². The van der Waals surface area contributed by atoms with Crippen LogP contribution in [0, 0.1) is 11.6 Å². The molecule has 3 aromatic rings. The Morgan fingerprint density at radius 2 is 2.05 bits per heavy atom. The highest BCUT2D eigenvalue weighted by Crippen LogP contribution is 2.40. The normalized spacial score (nSPS) is 10.9. The van der Waals surface area contributed by atoms with Gasteiger partial charge in [0, 0.05) is 10.4 Å². The third-order valence-electron chi connectivity index (χ3n) is 2.75. The first-order valence-corrected chi connectivity index (χ1v) is 6.77. The van der Waals surface area contributed by atoms with Crippen LogP contribution in [0.3, 0.4) is 0 Å². The van der Waals surface area contributed by atoms with Gasteiger partial charge in [-0.25, -0.2) is 8.78 Å². The Morgan fingerprint density at radius 3 is 2.75 bits per heavy atom. The molecule has 2 heterocycles. The summed E-state index contributed by atoms with van der Waals surface area (Å²) in [7, 11) is 0. The number of benzene rings is 1. The fraction of sp³-hybridized carbons (Fsp3) is 0. The number of anilines is 1. The number of nitrogens with two attached hydrogens (primary N) is 1. The highest BCUT2D eigenvalue weighted by atomic mass is 35.5. The molecule has 0 amide bonds. The van der Waals surface area contributed by atoms with E-state index in [1.165, 1.54) is 11.3 Å². The minimum atomic E-state index is -0.734. The zero-order chi connectivity index (χ0) is 14.3. The van der Waals surface area contributed by atoms with E-state index in [4.69, 9.17) is 21.9 Å². The summed E-state index contributed by atoms with van der Waals surface area (Å²) < 4.78 is 32.4. The number of halogens is 3. The molecule has 0 aliphatic carbocycles. The summed E-state index contributed by atoms with van der Waals surface area (Å²) in [6.07, 6.45) is 0. The zero-order valence-electron chi connectivity index (χ0n) is 9.86. The van der Waals surface area contributed by atoms with Crippen LogP contribution in [0.5, 0.6) is 0 Å². The van der Waals surface area contributed by atoms with Crippen molar-refractivity contribution in [1.82, 2.24) is 5.16 Å². The summed E-state index contributed by atoms with van der Waals surface area (Å²) in [5, 5.41) is 5.28. The highest BCUT2D eigenvalue weighted by Gasteiger charge is 2.22. The summed E-state index contributed by atoms with van der Waals surface area (Å²) in [5.74, 6) is -1.37. The Labute approximate surface area is 121 Å². The quantitative estimate of drug-likeness (QED) is 0.704. The van der Waals surface area contributed by atoms with Gasteiger partial charge in [-0.05, 0) is 23.6 Å². The Hall–Kier alpha value is -1.92. The second-order valence-corrected chi connectivity index (χ2v) is 5.35. The van der Waals surface area contributed by atoms with Crippen LogP contribution in [-0.4, -0.2) is 5.16 Å². The van der Waals surface area contributed by atoms with E-state index < -0.39 is 11.6 Å². The van der Waals surface area contributed by atoms with Crippen LogP contribution in [0.25, 0.3) is 21.7 Å². The van der Waals surface area contributed by atoms with Crippen molar-refractivity contribution in [3.8, 4) is 21.7 Å². The first-order chi connectivity index (χ1) is 9.58. The zero-order valence-corrected chi connectivity index (χ0v) is 11.4. The molecular weight excluding hydrogens is 306 g/mol. The van der Waals surface area contributed by atoms with Gasteiger partial charge in [-0.2, -0.15) is 0 Å². The molecule has 0 aliphatic rings. The lowest BCUT2D eigenvalue weighted by molar-refractivity contribution is 0.439. The molecule has 7 heteroatoms. The van der Waals surface area contributed by atoms with E-state index in [0.717, 1.165) is 17.0 Å². The molecule has 0 saturated heterocycles. The number of hydrogen-bond acceptors (Lipinski definition) is 4. The lowest BCUT2D eigenvalue weighted by atomic mass is 10.1. The first kappa shape index (κ1) is 13.1. The van der Waals surface area contributed by atoms with Gasteiger partial charge in [-0.1, -0.05) is 22.8 Å². The van der Waals surface area contributed by atoms with E-state index in [2.05, 4.69) is 5.16 Å². The Balaban J connectivity index is 2.24. The number of hydrogen-bond donors (Lipinski definition) is 1. The van der Waals surface area contributed by atoms with Crippen LogP contribution in [0.2, 0.25) is 5.02 Å². The number of thiophene rings is 1. The smallest absolute Gasteiger partial charge is 0.231 e. The third-order valence-corrected chi connectivity index (χ3v) is 3.93. The molecule has 0 fully saturated rings. The molecule has 0 aliphatic heterocycles. The van der Waals surface area contributed by atoms with E-state index in [1.54, 1.807) is 6.07 Å². The molecular formula is C13H7ClF2N2OS. The van der Waals surface area contributed by atoms with Crippen LogP contribution in [0.1, 0.15) is 0 Å². The molecule has 0 spiro atoms. The fourth-order valence-electron chi connectivity index (χ4n) is 1.85. The van der Waals surface area contributed by atoms with E-state index in [9.17, 15) is 8.78 Å². The van der Waals surface area contributed by atoms with Crippen LogP contribution < -0.4 is 5.73 Å². The second kappa shape index (κ2) is 4.88. The third kappa shape index (κ3) is 2.07. The van der Waals surface area contributed by atoms with Crippen molar-refractivity contribution < 1.29 is 13.3 Å². The van der Waals surface area contributed by atoms with Crippen molar-refractivity contribution in [2.75, 3.05) is 5.73 Å². The molecule has 1 aromatic carbocycles. The number of rotatable bonds is 2. The highest BCUT2D eigenvalue weighted by molar-refractivity contribution is 7.13. The van der Waals surface area contributed by atoms with E-state index in [0.29, 0.717) is 5.56 Å². The van der Waals surface area contributed by atoms with Gasteiger partial charge in [-0.3, -0.25) is 0 Å². The number of nitrogens with zero attached hydrogens (tertiary/aromatic N) is 1. The average molecular weight is 313 g/mol. The van der Waals surface area contributed by atoms with Crippen molar-refractivity contribution in [3.05, 3.63) is 46.3 Å². The van der Waals surface area contributed by atoms with Crippen LogP contribution in [0.4, 0.5) is 14.7 Å². The molecule has 102 valence electrons. The van der Waals surface area contributed by atoms with Gasteiger partial charge in [0.15, 0.2) is 0 Å². The van der Waals surface area contributed by atoms with Gasteiger partial charge in [0.25, 0.3) is 0 Å². The van der Waals surface area contributed by atoms with Gasteiger partial charge in [-0.15, -0.1) is 11.3 Å². The molecule has 2 N–H and O–H groups in total. The Bertz CT molecular complexity index is 771. The van der Waals surface area contributed by atoms with Crippen molar-refractivity contribution in [2.24, 2.45) is 0 Å². The standard InChI is InChI=1S/C13H7ClF2N2OS/c14-7-5-8(15)6(4-9(7)16)12-11(13(17)19-18-12)10-2-1-3-20-10/h1-5H,17H2. The number of aromatic nitrogens is 1. The Kier molecular flexibility index (Phi) is 3.19. The van der Waals surface area contributed by atoms with Gasteiger partial charge in [0.1, 0.15) is 17.3 Å². The largest absolute Gasteiger partial charge is 0.367 e. The molecule has 0 atom stereocenters. The van der Waals surface area contributed by atoms with Crippen molar-refractivity contribution >= 4 is 28.8 Å². The first-order valence-electron chi connectivity index (χ1n) is 5.52. The molecule has 0 saturated carbocycles. The predicted octanol–water partition coefficient (Wildman–Crippen LogP) is 4.58. The summed E-state index contributed by atoms with van der Waals surface area (Å²) in [6, 6.07) is 5.48. The van der Waals surface area contributed by atoms with E-state index in [-0.39, 0.29) is 22.2 Å². The number of nitrogen functional groups attached to an aromatic ring is 1. The van der Waals surface area contributed by atoms with Gasteiger partial charge >= 0.3 is 0 Å². The summed E-state index contributed by atoms with van der Waals surface area (Å²) >= 11 is 6.93. The van der Waals surface area contributed by atoms with Crippen LogP contribution >= 0.6 is 22.9 Å². The van der Waals surface area contributed by atoms with Crippen molar-refractivity contribution in [2.45, 2.75) is 0 Å². The molecule has 2 aromatic heterocycles. The Morgan fingerprint density at radius 1 is 1.25 bits per heavy atom. The van der Waals surface area contributed by atoms with Gasteiger partial charge < -0.3 is 10.3 Å². The maximum Gasteiger partial charge on any atom is 0.231 e. The fourth-order valence-corrected chi connectivity index (χ4v) is 2.78. The molecule has 3 nitrogen and oxygen atoms in total. The molecule has 20 heavy (non-hydrogen) atoms. The van der Waals surface area contributed by atoms with E-state index >= 15 is 0 Å². The monoisotopic (exact) mass is 312 g/mol. The maximum atomic E-state index is 14.0. The van der Waals surface area contributed by atoms with Crippen LogP contribution in [-0.2, 0) is 0 Å². The molecule has 0 unspecified atom stereocenters. The van der Waals surface area contributed by atoms with Gasteiger partial charge in [0.2, 0.25) is 5.88 Å². The lowest BCUT2D eigenvalue weighted by Gasteiger charge is -2.03. The molecule has 0 bridgehead atoms. The SMILES string of the molecule is Nc1onc(-c2cc(F)c(Cl)cc2F)c1-c1cccs1. The van der Waals surface area contributed by atoms with Crippen molar-refractivity contribution in [3.63, 3.8) is 0 Å². The summed E-state index contributed by atoms with van der Waals surface area (Å²) in [5.41, 5.74) is 6.27. The maximum absolute atomic E-state index is 14.0. The minimum absolute atomic E-state index is 0.0456. The van der Waals surface area contributed by atoms with Crippen molar-refractivity contribution in [1.29, 1.82) is 0 Å². The lowest BCUT2D eigenvalue weighted by Crippen LogP contribution is -1.91. The summed E-state index contributed by atoms with van der Waals surface area (Å²) in [4.78, 5) is 0.758. The van der Waals surface area contributed by atoms with Gasteiger partial charge in [0.05, 0.1) is 10.6 Å².